The van der Waals surface area contributed by atoms with Crippen LogP contribution in [-0.4, -0.2) is 0 Å². The van der Waals surface area contributed by atoms with E-state index in [1.807, 2.05) is 0 Å². The average Bonchev–Trinajstić information content (AvgIpc) is 3.29. The van der Waals surface area contributed by atoms with Crippen LogP contribution in [0.15, 0.2) is 194 Å². The molecule has 8 aromatic rings. The molecule has 0 N–H and O–H groups in total. The Morgan fingerprint density at radius 3 is 0.933 bits per heavy atom. The Hall–Kier alpha value is -6.24. The second-order valence-electron chi connectivity index (χ2n) is 16.3. The van der Waals surface area contributed by atoms with E-state index in [0.717, 1.165) is 0 Å². The van der Waals surface area contributed by atoms with Crippen LogP contribution in [-0.2, 0) is 0 Å². The fourth-order valence-corrected chi connectivity index (χ4v) is 8.10. The van der Waals surface area contributed by atoms with Gasteiger partial charge in [-0.15, -0.1) is 0 Å². The highest BCUT2D eigenvalue weighted by Gasteiger charge is 2.14. The standard InChI is InChI=1S/C26H22.2C17H20/c1-19-9-7-11-21(17-19)23-13-3-5-15-25(23)26-16-6-4-14-24(26)22-12-8-10-20(2)18-22;2*1-4-13(2)15-10-7-8-12-17(15)16-11-6-5-9-14(16)3/h3-18H,1-2H3;2*5-13H,4H2,1-3H3. The molecular formula is C60H62. The van der Waals surface area contributed by atoms with Gasteiger partial charge in [-0.1, -0.05) is 233 Å². The molecule has 8 aromatic carbocycles. The smallest absolute Gasteiger partial charge is 0.00992 e. The molecule has 60 heavy (non-hydrogen) atoms. The van der Waals surface area contributed by atoms with Crippen LogP contribution < -0.4 is 0 Å². The zero-order valence-corrected chi connectivity index (χ0v) is 37.0. The molecule has 0 nitrogen and oxygen atoms in total. The highest BCUT2D eigenvalue weighted by atomic mass is 14.2. The molecule has 0 heterocycles. The summed E-state index contributed by atoms with van der Waals surface area (Å²) in [5.41, 5.74) is 21.3. The van der Waals surface area contributed by atoms with Gasteiger partial charge in [0.05, 0.1) is 0 Å². The van der Waals surface area contributed by atoms with Crippen LogP contribution in [0.3, 0.4) is 0 Å². The van der Waals surface area contributed by atoms with Gasteiger partial charge in [0.25, 0.3) is 0 Å². The largest absolute Gasteiger partial charge is 0.0648 e. The first-order valence-corrected chi connectivity index (χ1v) is 21.8. The van der Waals surface area contributed by atoms with Crippen molar-refractivity contribution in [2.24, 2.45) is 0 Å². The van der Waals surface area contributed by atoms with Crippen molar-refractivity contribution in [2.75, 3.05) is 0 Å². The minimum absolute atomic E-state index is 0.616. The third-order valence-corrected chi connectivity index (χ3v) is 11.9. The van der Waals surface area contributed by atoms with Crippen molar-refractivity contribution in [1.29, 1.82) is 0 Å². The van der Waals surface area contributed by atoms with Gasteiger partial charge in [0.1, 0.15) is 0 Å². The van der Waals surface area contributed by atoms with Crippen LogP contribution in [0.25, 0.3) is 55.6 Å². The molecule has 0 spiro atoms. The summed E-state index contributed by atoms with van der Waals surface area (Å²) in [4.78, 5) is 0. The Labute approximate surface area is 361 Å². The fourth-order valence-electron chi connectivity index (χ4n) is 8.10. The van der Waals surface area contributed by atoms with Crippen molar-refractivity contribution in [3.05, 3.63) is 228 Å². The number of benzene rings is 8. The normalized spacial score (nSPS) is 11.7. The highest BCUT2D eigenvalue weighted by molar-refractivity contribution is 5.91. The fraction of sp³-hybridized carbons (Fsp3) is 0.200. The van der Waals surface area contributed by atoms with Gasteiger partial charge in [0.15, 0.2) is 0 Å². The van der Waals surface area contributed by atoms with Crippen LogP contribution in [0.5, 0.6) is 0 Å². The monoisotopic (exact) mass is 782 g/mol. The van der Waals surface area contributed by atoms with Crippen LogP contribution in [0.4, 0.5) is 0 Å². The Balaban J connectivity index is 0.000000157. The molecule has 0 saturated carbocycles. The number of aryl methyl sites for hydroxylation is 4. The van der Waals surface area contributed by atoms with Gasteiger partial charge >= 0.3 is 0 Å². The van der Waals surface area contributed by atoms with E-state index in [9.17, 15) is 0 Å². The van der Waals surface area contributed by atoms with Gasteiger partial charge in [-0.05, 0) is 130 Å². The maximum Gasteiger partial charge on any atom is -0.00992 e. The van der Waals surface area contributed by atoms with E-state index in [1.54, 1.807) is 0 Å². The molecule has 0 radical (unpaired) electrons. The molecule has 0 aromatic heterocycles. The molecule has 302 valence electrons. The van der Waals surface area contributed by atoms with Crippen molar-refractivity contribution in [3.63, 3.8) is 0 Å². The molecule has 2 atom stereocenters. The maximum absolute atomic E-state index is 2.30. The van der Waals surface area contributed by atoms with Crippen LogP contribution in [0.2, 0.25) is 0 Å². The molecule has 2 unspecified atom stereocenters. The third-order valence-electron chi connectivity index (χ3n) is 11.9. The summed E-state index contributed by atoms with van der Waals surface area (Å²) in [5.74, 6) is 1.23. The van der Waals surface area contributed by atoms with Gasteiger partial charge in [-0.2, -0.15) is 0 Å². The Morgan fingerprint density at radius 2 is 0.600 bits per heavy atom. The second kappa shape index (κ2) is 21.1. The molecule has 0 bridgehead atoms. The lowest BCUT2D eigenvalue weighted by Gasteiger charge is -2.16. The van der Waals surface area contributed by atoms with Crippen molar-refractivity contribution in [2.45, 2.75) is 80.1 Å². The third kappa shape index (κ3) is 10.7. The summed E-state index contributed by atoms with van der Waals surface area (Å²) in [7, 11) is 0. The van der Waals surface area contributed by atoms with Gasteiger partial charge in [-0.25, -0.2) is 0 Å². The maximum atomic E-state index is 2.30. The molecule has 8 rings (SSSR count). The Bertz CT molecular complexity index is 2420. The summed E-state index contributed by atoms with van der Waals surface area (Å²) in [6, 6.07) is 69.7. The molecular weight excluding hydrogens is 721 g/mol. The summed E-state index contributed by atoms with van der Waals surface area (Å²) in [6.45, 7) is 17.8. The van der Waals surface area contributed by atoms with Crippen LogP contribution >= 0.6 is 0 Å². The summed E-state index contributed by atoms with van der Waals surface area (Å²) < 4.78 is 0. The summed E-state index contributed by atoms with van der Waals surface area (Å²) >= 11 is 0. The van der Waals surface area contributed by atoms with Gasteiger partial charge < -0.3 is 0 Å². The lowest BCUT2D eigenvalue weighted by atomic mass is 9.89. The quantitative estimate of drug-likeness (QED) is 0.137. The van der Waals surface area contributed by atoms with Crippen molar-refractivity contribution < 1.29 is 0 Å². The predicted molar refractivity (Wildman–Crippen MR) is 263 cm³/mol. The lowest BCUT2D eigenvalue weighted by molar-refractivity contribution is 0.735. The van der Waals surface area contributed by atoms with E-state index in [1.165, 1.54) is 102 Å². The minimum Gasteiger partial charge on any atom is -0.0648 e. The second-order valence-corrected chi connectivity index (χ2v) is 16.3. The molecule has 0 aliphatic heterocycles. The number of rotatable bonds is 9. The van der Waals surface area contributed by atoms with Gasteiger partial charge in [0, 0.05) is 0 Å². The summed E-state index contributed by atoms with van der Waals surface area (Å²) in [6.07, 6.45) is 2.37. The molecule has 0 fully saturated rings. The number of hydrogen-bond donors (Lipinski definition) is 0. The van der Waals surface area contributed by atoms with Crippen molar-refractivity contribution >= 4 is 0 Å². The Kier molecular flexibility index (Phi) is 15.3. The molecule has 0 amide bonds. The van der Waals surface area contributed by atoms with E-state index >= 15 is 0 Å². The van der Waals surface area contributed by atoms with Gasteiger partial charge in [0.2, 0.25) is 0 Å². The first kappa shape index (κ1) is 43.3. The lowest BCUT2D eigenvalue weighted by Crippen LogP contribution is -1.95. The molecule has 0 aliphatic rings. The van der Waals surface area contributed by atoms with Crippen molar-refractivity contribution in [1.82, 2.24) is 0 Å². The van der Waals surface area contributed by atoms with Crippen LogP contribution in [0, 0.1) is 27.7 Å². The van der Waals surface area contributed by atoms with Crippen LogP contribution in [0.1, 0.15) is 85.8 Å². The van der Waals surface area contributed by atoms with E-state index < -0.39 is 0 Å². The topological polar surface area (TPSA) is 0 Å². The van der Waals surface area contributed by atoms with E-state index in [2.05, 4.69) is 250 Å². The minimum atomic E-state index is 0.616. The highest BCUT2D eigenvalue weighted by Crippen LogP contribution is 2.39. The first-order valence-electron chi connectivity index (χ1n) is 21.8. The van der Waals surface area contributed by atoms with Gasteiger partial charge in [-0.3, -0.25) is 0 Å². The molecule has 0 saturated heterocycles. The zero-order valence-electron chi connectivity index (χ0n) is 37.0. The Morgan fingerprint density at radius 1 is 0.300 bits per heavy atom. The average molecular weight is 783 g/mol. The van der Waals surface area contributed by atoms with E-state index in [-0.39, 0.29) is 0 Å². The van der Waals surface area contributed by atoms with Crippen molar-refractivity contribution in [3.8, 4) is 55.6 Å². The summed E-state index contributed by atoms with van der Waals surface area (Å²) in [5, 5.41) is 0. The predicted octanol–water partition coefficient (Wildman–Crippen LogP) is 17.7. The van der Waals surface area contributed by atoms with E-state index in [0.29, 0.717) is 11.8 Å². The molecule has 0 heteroatoms. The van der Waals surface area contributed by atoms with E-state index in [4.69, 9.17) is 0 Å². The molecule has 0 aliphatic carbocycles. The first-order chi connectivity index (χ1) is 29.2. The number of hydrogen-bond acceptors (Lipinski definition) is 0. The zero-order chi connectivity index (χ0) is 42.4. The SMILES string of the molecule is CCC(C)c1ccccc1-c1ccccc1C.CCC(C)c1ccccc1-c1ccccc1C.Cc1cccc(-c2ccccc2-c2ccccc2-c2cccc(C)c2)c1.